The van der Waals surface area contributed by atoms with Gasteiger partial charge in [0.2, 0.25) is 0 Å². The summed E-state index contributed by atoms with van der Waals surface area (Å²) in [5, 5.41) is 12.9. The number of dihydropyridines is 1. The van der Waals surface area contributed by atoms with E-state index >= 15 is 0 Å². The van der Waals surface area contributed by atoms with Gasteiger partial charge in [-0.2, -0.15) is 0 Å². The lowest BCUT2D eigenvalue weighted by Gasteiger charge is -2.38. The van der Waals surface area contributed by atoms with Crippen LogP contribution in [0, 0.1) is 11.8 Å². The number of phenols is 1. The average molecular weight is 413 g/mol. The van der Waals surface area contributed by atoms with Gasteiger partial charge in [-0.3, -0.25) is 9.59 Å². The highest BCUT2D eigenvalue weighted by molar-refractivity contribution is 6.12. The number of aromatic hydroxyl groups is 1. The van der Waals surface area contributed by atoms with Gasteiger partial charge < -0.3 is 19.9 Å². The number of ether oxygens (including phenoxy) is 2. The fourth-order valence-electron chi connectivity index (χ4n) is 4.22. The van der Waals surface area contributed by atoms with E-state index in [9.17, 15) is 19.5 Å². The number of phenolic OH excluding ortho intramolecular Hbond substituents is 1. The molecular formula is C23H27NO6. The van der Waals surface area contributed by atoms with Crippen LogP contribution in [0.5, 0.6) is 5.75 Å². The minimum absolute atomic E-state index is 0.0775. The molecule has 2 aliphatic rings. The second-order valence-electron chi connectivity index (χ2n) is 7.76. The molecule has 0 aromatic heterocycles. The van der Waals surface area contributed by atoms with E-state index in [1.807, 2.05) is 13.8 Å². The van der Waals surface area contributed by atoms with Crippen LogP contribution in [0.25, 0.3) is 0 Å². The Morgan fingerprint density at radius 2 is 1.90 bits per heavy atom. The highest BCUT2D eigenvalue weighted by Gasteiger charge is 2.47. The van der Waals surface area contributed by atoms with Crippen LogP contribution in [-0.2, 0) is 23.9 Å². The number of carbonyl (C=O) groups is 3. The molecular weight excluding hydrogens is 386 g/mol. The minimum Gasteiger partial charge on any atom is -0.508 e. The smallest absolute Gasteiger partial charge is 0.336 e. The molecule has 0 fully saturated rings. The fraction of sp³-hybridized carbons (Fsp3) is 0.435. The van der Waals surface area contributed by atoms with Crippen molar-refractivity contribution in [1.82, 2.24) is 5.32 Å². The maximum Gasteiger partial charge on any atom is 0.336 e. The van der Waals surface area contributed by atoms with Gasteiger partial charge in [0.05, 0.1) is 19.3 Å². The lowest BCUT2D eigenvalue weighted by molar-refractivity contribution is -0.151. The van der Waals surface area contributed by atoms with Gasteiger partial charge in [-0.05, 0) is 43.4 Å². The summed E-state index contributed by atoms with van der Waals surface area (Å²) in [5.74, 6) is -3.22. The molecule has 3 rings (SSSR count). The van der Waals surface area contributed by atoms with Crippen molar-refractivity contribution in [2.24, 2.45) is 11.8 Å². The number of Topliss-reactive ketones (excluding diaryl/α,β-unsaturated/α-hetero) is 1. The average Bonchev–Trinajstić information content (AvgIpc) is 2.71. The number of methoxy groups -OCH3 is 1. The van der Waals surface area contributed by atoms with Crippen LogP contribution in [0.4, 0.5) is 0 Å². The molecule has 0 unspecified atom stereocenters. The number of hydrogen-bond donors (Lipinski definition) is 2. The molecule has 160 valence electrons. The molecule has 0 bridgehead atoms. The number of allylic oxidation sites excluding steroid dienone is 3. The largest absolute Gasteiger partial charge is 0.508 e. The number of hydrogen-bond acceptors (Lipinski definition) is 7. The summed E-state index contributed by atoms with van der Waals surface area (Å²) in [6.45, 7) is 5.78. The van der Waals surface area contributed by atoms with Crippen molar-refractivity contribution in [2.75, 3.05) is 13.7 Å². The topological polar surface area (TPSA) is 102 Å². The Morgan fingerprint density at radius 1 is 1.23 bits per heavy atom. The maximum atomic E-state index is 13.5. The van der Waals surface area contributed by atoms with E-state index in [2.05, 4.69) is 5.32 Å². The van der Waals surface area contributed by atoms with Gasteiger partial charge in [0.1, 0.15) is 11.7 Å². The van der Waals surface area contributed by atoms with Crippen molar-refractivity contribution in [2.45, 2.75) is 39.5 Å². The summed E-state index contributed by atoms with van der Waals surface area (Å²) in [5.41, 5.74) is 2.69. The summed E-state index contributed by atoms with van der Waals surface area (Å²) in [6.07, 6.45) is 1.15. The van der Waals surface area contributed by atoms with E-state index in [0.29, 0.717) is 40.9 Å². The monoisotopic (exact) mass is 413 g/mol. The molecule has 1 aromatic rings. The van der Waals surface area contributed by atoms with E-state index < -0.39 is 23.8 Å². The fourth-order valence-corrected chi connectivity index (χ4v) is 4.22. The molecule has 0 spiro atoms. The number of rotatable bonds is 5. The van der Waals surface area contributed by atoms with E-state index in [-0.39, 0.29) is 24.1 Å². The van der Waals surface area contributed by atoms with E-state index in [4.69, 9.17) is 9.47 Å². The highest BCUT2D eigenvalue weighted by Crippen LogP contribution is 2.45. The standard InChI is InChI=1S/C23H27NO6/c1-5-10-30-23(28)18-13(3)24-16-11-12(2)17(22(27)29-4)21(26)20(16)19(18)14-6-8-15(25)9-7-14/h6-9,12,17,19,24-25H,5,10-11H2,1-4H3/t12-,17+,19-/m1/s1. The SMILES string of the molecule is CCCOC(=O)C1=C(C)NC2=C(C(=O)[C@@H](C(=O)OC)[C@H](C)C2)[C@@H]1c1ccc(O)cc1. The zero-order valence-corrected chi connectivity index (χ0v) is 17.7. The number of nitrogens with one attached hydrogen (secondary N) is 1. The normalized spacial score (nSPS) is 23.6. The van der Waals surface area contributed by atoms with Gasteiger partial charge in [-0.1, -0.05) is 26.0 Å². The lowest BCUT2D eigenvalue weighted by atomic mass is 9.69. The Bertz CT molecular complexity index is 928. The first-order valence-electron chi connectivity index (χ1n) is 10.1. The third-order valence-corrected chi connectivity index (χ3v) is 5.63. The first kappa shape index (κ1) is 21.6. The van der Waals surface area contributed by atoms with Gasteiger partial charge in [-0.25, -0.2) is 4.79 Å². The predicted octanol–water partition coefficient (Wildman–Crippen LogP) is 2.96. The van der Waals surface area contributed by atoms with Crippen LogP contribution in [0.1, 0.15) is 45.1 Å². The summed E-state index contributed by atoms with van der Waals surface area (Å²) < 4.78 is 10.3. The van der Waals surface area contributed by atoms with Crippen LogP contribution >= 0.6 is 0 Å². The molecule has 0 radical (unpaired) electrons. The summed E-state index contributed by atoms with van der Waals surface area (Å²) in [7, 11) is 1.26. The molecule has 7 nitrogen and oxygen atoms in total. The zero-order chi connectivity index (χ0) is 22.0. The van der Waals surface area contributed by atoms with Crippen LogP contribution in [0.2, 0.25) is 0 Å². The van der Waals surface area contributed by atoms with Gasteiger partial charge >= 0.3 is 11.9 Å². The van der Waals surface area contributed by atoms with Gasteiger partial charge in [0.15, 0.2) is 5.78 Å². The van der Waals surface area contributed by atoms with Crippen LogP contribution in [0.3, 0.4) is 0 Å². The molecule has 30 heavy (non-hydrogen) atoms. The second-order valence-corrected chi connectivity index (χ2v) is 7.76. The van der Waals surface area contributed by atoms with E-state index in [1.165, 1.54) is 19.2 Å². The van der Waals surface area contributed by atoms with E-state index in [0.717, 1.165) is 0 Å². The zero-order valence-electron chi connectivity index (χ0n) is 17.7. The Morgan fingerprint density at radius 3 is 2.50 bits per heavy atom. The molecule has 1 aromatic carbocycles. The van der Waals surface area contributed by atoms with Crippen molar-refractivity contribution in [3.05, 3.63) is 52.4 Å². The Labute approximate surface area is 175 Å². The van der Waals surface area contributed by atoms with Gasteiger partial charge in [-0.15, -0.1) is 0 Å². The Kier molecular flexibility index (Phi) is 6.29. The van der Waals surface area contributed by atoms with Crippen molar-refractivity contribution in [3.63, 3.8) is 0 Å². The molecule has 3 atom stereocenters. The molecule has 2 N–H and O–H groups in total. The quantitative estimate of drug-likeness (QED) is 0.565. The molecule has 1 aliphatic heterocycles. The van der Waals surface area contributed by atoms with Crippen LogP contribution in [0.15, 0.2) is 46.8 Å². The van der Waals surface area contributed by atoms with E-state index in [1.54, 1.807) is 19.1 Å². The maximum absolute atomic E-state index is 13.5. The molecule has 7 heteroatoms. The Balaban J connectivity index is 2.15. The first-order valence-corrected chi connectivity index (χ1v) is 10.1. The van der Waals surface area contributed by atoms with Crippen molar-refractivity contribution in [3.8, 4) is 5.75 Å². The predicted molar refractivity (Wildman–Crippen MR) is 109 cm³/mol. The van der Waals surface area contributed by atoms with Crippen molar-refractivity contribution >= 4 is 17.7 Å². The second kappa shape index (κ2) is 8.73. The third kappa shape index (κ3) is 3.84. The Hall–Kier alpha value is -3.09. The number of carbonyl (C=O) groups excluding carboxylic acids is 3. The summed E-state index contributed by atoms with van der Waals surface area (Å²) in [4.78, 5) is 38.8. The first-order chi connectivity index (χ1) is 14.3. The molecule has 1 heterocycles. The summed E-state index contributed by atoms with van der Waals surface area (Å²) in [6, 6.07) is 6.37. The number of esters is 2. The summed E-state index contributed by atoms with van der Waals surface area (Å²) >= 11 is 0. The van der Waals surface area contributed by atoms with Crippen LogP contribution in [-0.4, -0.2) is 36.5 Å². The molecule has 1 aliphatic carbocycles. The minimum atomic E-state index is -0.929. The lowest BCUT2D eigenvalue weighted by Crippen LogP contribution is -2.43. The third-order valence-electron chi connectivity index (χ3n) is 5.63. The highest BCUT2D eigenvalue weighted by atomic mass is 16.5. The molecule has 0 amide bonds. The van der Waals surface area contributed by atoms with Gasteiger partial charge in [0, 0.05) is 22.9 Å². The molecule has 0 saturated carbocycles. The number of benzene rings is 1. The van der Waals surface area contributed by atoms with Crippen molar-refractivity contribution < 1.29 is 29.0 Å². The number of ketones is 1. The molecule has 0 saturated heterocycles. The van der Waals surface area contributed by atoms with Crippen molar-refractivity contribution in [1.29, 1.82) is 0 Å². The van der Waals surface area contributed by atoms with Gasteiger partial charge in [0.25, 0.3) is 0 Å². The van der Waals surface area contributed by atoms with Crippen LogP contribution < -0.4 is 5.32 Å².